The molecule has 0 amide bonds. The molecule has 9 nitrogen and oxygen atoms in total. The molecule has 0 bridgehead atoms. The fourth-order valence-corrected chi connectivity index (χ4v) is 2.49. The Bertz CT molecular complexity index is 699. The summed E-state index contributed by atoms with van der Waals surface area (Å²) >= 11 is 0. The maximum atomic E-state index is 11.8. The van der Waals surface area contributed by atoms with Crippen molar-refractivity contribution in [3.63, 3.8) is 0 Å². The van der Waals surface area contributed by atoms with E-state index in [0.717, 1.165) is 4.57 Å². The number of ether oxygens (including phenoxy) is 2. The van der Waals surface area contributed by atoms with Gasteiger partial charge in [-0.25, -0.2) is 4.79 Å². The molecule has 1 saturated heterocycles. The minimum absolute atomic E-state index is 0.0975. The largest absolute Gasteiger partial charge is 0.658 e. The van der Waals surface area contributed by atoms with Gasteiger partial charge in [0.05, 0.1) is 7.94 Å². The zero-order chi connectivity index (χ0) is 16.5. The van der Waals surface area contributed by atoms with E-state index in [2.05, 4.69) is 10.9 Å². The van der Waals surface area contributed by atoms with Crippen molar-refractivity contribution in [1.29, 1.82) is 0 Å². The summed E-state index contributed by atoms with van der Waals surface area (Å²) in [7, 11) is -4.58. The van der Waals surface area contributed by atoms with Crippen LogP contribution in [0.3, 0.4) is 0 Å². The molecule has 0 aromatic carbocycles. The van der Waals surface area contributed by atoms with E-state index in [1.54, 1.807) is 0 Å². The minimum Gasteiger partial charge on any atom is -0.658 e. The number of rotatable bonds is 4. The third-order valence-electron chi connectivity index (χ3n) is 3.15. The van der Waals surface area contributed by atoms with Crippen LogP contribution in [0.25, 0.3) is 0 Å². The van der Waals surface area contributed by atoms with Crippen LogP contribution < -0.4 is 21.0 Å². The third-order valence-corrected chi connectivity index (χ3v) is 3.62. The maximum absolute atomic E-state index is 11.8. The first-order valence-corrected chi connectivity index (χ1v) is 8.05. The molecule has 2 rings (SSSR count). The molecule has 120 valence electrons. The smallest absolute Gasteiger partial charge is 0.330 e. The van der Waals surface area contributed by atoms with Crippen LogP contribution in [0.5, 0.6) is 0 Å². The molecule has 0 spiro atoms. The van der Waals surface area contributed by atoms with Crippen LogP contribution in [-0.2, 0) is 9.47 Å². The van der Waals surface area contributed by atoms with Crippen LogP contribution in [0.1, 0.15) is 18.2 Å². The molecule has 1 aromatic rings. The average Bonchev–Trinajstić information content (AvgIpc) is 2.83. The van der Waals surface area contributed by atoms with Crippen LogP contribution in [0, 0.1) is 19.3 Å². The Kier molecular flexibility index (Phi) is 4.82. The Morgan fingerprint density at radius 3 is 2.91 bits per heavy atom. The number of terminal acetylenes is 1. The van der Waals surface area contributed by atoms with Crippen LogP contribution >= 0.6 is 7.94 Å². The number of nitrogens with one attached hydrogen (secondary N) is 1. The zero-order valence-corrected chi connectivity index (χ0v) is 12.5. The van der Waals surface area contributed by atoms with E-state index < -0.39 is 44.0 Å². The molecule has 2 N–H and O–H groups in total. The molecule has 10 heteroatoms. The van der Waals surface area contributed by atoms with Crippen LogP contribution in [0.4, 0.5) is 0 Å². The van der Waals surface area contributed by atoms with Gasteiger partial charge in [0.2, 0.25) is 0 Å². The lowest BCUT2D eigenvalue weighted by Gasteiger charge is -2.28. The van der Waals surface area contributed by atoms with Gasteiger partial charge in [0, 0.05) is 18.2 Å². The van der Waals surface area contributed by atoms with E-state index >= 15 is 0 Å². The van der Waals surface area contributed by atoms with E-state index in [1.807, 2.05) is 0 Å². The molecule has 0 unspecified atom stereocenters. The number of H-pyrrole nitrogens is 1. The first kappa shape index (κ1) is 16.8. The zero-order valence-electron chi connectivity index (χ0n) is 11.6. The van der Waals surface area contributed by atoms with Crippen molar-refractivity contribution in [2.45, 2.75) is 31.8 Å². The molecular formula is C12H14N2O7P-. The van der Waals surface area contributed by atoms with Crippen molar-refractivity contribution in [3.05, 3.63) is 32.6 Å². The summed E-state index contributed by atoms with van der Waals surface area (Å²) in [5.74, 6) is 2.29. The number of aryl methyl sites for hydroxylation is 1. The molecule has 1 aromatic heterocycles. The molecule has 0 radical (unpaired) electrons. The molecule has 3 atom stereocenters. The fourth-order valence-electron chi connectivity index (χ4n) is 2.11. The molecule has 0 saturated carbocycles. The summed E-state index contributed by atoms with van der Waals surface area (Å²) in [6.45, 7) is 1.52. The number of nitrogens with zero attached hydrogens (tertiary/aromatic N) is 1. The van der Waals surface area contributed by atoms with Gasteiger partial charge in [-0.2, -0.15) is 0 Å². The molecule has 2 heterocycles. The first-order valence-electron chi connectivity index (χ1n) is 6.29. The highest BCUT2D eigenvalue weighted by molar-refractivity contribution is 7.55. The monoisotopic (exact) mass is 329 g/mol. The summed E-state index contributed by atoms with van der Waals surface area (Å²) in [4.78, 5) is 55.5. The van der Waals surface area contributed by atoms with Crippen molar-refractivity contribution in [1.82, 2.24) is 9.55 Å². The molecule has 22 heavy (non-hydrogen) atoms. The maximum Gasteiger partial charge on any atom is 0.330 e. The van der Waals surface area contributed by atoms with Gasteiger partial charge in [-0.15, -0.1) is 6.42 Å². The molecule has 1 aliphatic heterocycles. The van der Waals surface area contributed by atoms with Gasteiger partial charge in [-0.05, 0) is 6.92 Å². The predicted octanol–water partition coefficient (Wildman–Crippen LogP) is -2.42. The van der Waals surface area contributed by atoms with Gasteiger partial charge < -0.3 is 19.3 Å². The van der Waals surface area contributed by atoms with E-state index in [0.29, 0.717) is 5.56 Å². The molecule has 1 fully saturated rings. The Balaban J connectivity index is 2.19. The lowest BCUT2D eigenvalue weighted by atomic mass is 10.2. The fraction of sp³-hybridized carbons (Fsp3) is 0.500. The number of aromatic nitrogens is 2. The minimum atomic E-state index is -4.58. The first-order chi connectivity index (χ1) is 10.2. The van der Waals surface area contributed by atoms with Gasteiger partial charge in [0.25, 0.3) is 5.56 Å². The summed E-state index contributed by atoms with van der Waals surface area (Å²) in [6, 6.07) is 0. The summed E-state index contributed by atoms with van der Waals surface area (Å²) < 4.78 is 11.6. The highest BCUT2D eigenvalue weighted by Gasteiger charge is 2.37. The van der Waals surface area contributed by atoms with Crippen molar-refractivity contribution in [2.24, 2.45) is 0 Å². The van der Waals surface area contributed by atoms with Gasteiger partial charge in [0.15, 0.2) is 6.35 Å². The van der Waals surface area contributed by atoms with Gasteiger partial charge in [-0.3, -0.25) is 19.2 Å². The van der Waals surface area contributed by atoms with Gasteiger partial charge in [0.1, 0.15) is 18.4 Å². The molecule has 0 aliphatic carbocycles. The number of hydrogen-bond acceptors (Lipinski definition) is 7. The second kappa shape index (κ2) is 6.30. The lowest BCUT2D eigenvalue weighted by Crippen LogP contribution is -2.33. The Morgan fingerprint density at radius 1 is 1.64 bits per heavy atom. The average molecular weight is 329 g/mol. The predicted molar refractivity (Wildman–Crippen MR) is 72.3 cm³/mol. The molecular weight excluding hydrogens is 315 g/mol. The van der Waals surface area contributed by atoms with Crippen LogP contribution in [-0.4, -0.2) is 33.0 Å². The Labute approximate surface area is 125 Å². The van der Waals surface area contributed by atoms with Crippen LogP contribution in [0.15, 0.2) is 15.8 Å². The van der Waals surface area contributed by atoms with E-state index in [4.69, 9.17) is 20.8 Å². The summed E-state index contributed by atoms with van der Waals surface area (Å²) in [5, 5.41) is 0. The second-order valence-electron chi connectivity index (χ2n) is 4.86. The summed E-state index contributed by atoms with van der Waals surface area (Å²) in [6.07, 6.45) is 3.32. The SMILES string of the molecule is C#C[C@@H]1O[C@@H](n2cc(C)c(=O)[nH]c2=O)C[C@H]1OC[P+]([O-])([O-])O. The number of aromatic amines is 1. The normalized spacial score (nSPS) is 25.1. The van der Waals surface area contributed by atoms with Crippen LogP contribution in [0.2, 0.25) is 0 Å². The third kappa shape index (κ3) is 3.81. The van der Waals surface area contributed by atoms with Crippen molar-refractivity contribution >= 4 is 7.94 Å². The number of hydrogen-bond donors (Lipinski definition) is 2. The van der Waals surface area contributed by atoms with Crippen molar-refractivity contribution in [3.8, 4) is 12.3 Å². The van der Waals surface area contributed by atoms with E-state index in [9.17, 15) is 19.4 Å². The van der Waals surface area contributed by atoms with Gasteiger partial charge >= 0.3 is 5.69 Å². The van der Waals surface area contributed by atoms with Crippen molar-refractivity contribution < 1.29 is 24.2 Å². The van der Waals surface area contributed by atoms with E-state index in [-0.39, 0.29) is 6.42 Å². The Morgan fingerprint density at radius 2 is 2.32 bits per heavy atom. The van der Waals surface area contributed by atoms with Gasteiger partial charge in [-0.1, -0.05) is 5.92 Å². The highest BCUT2D eigenvalue weighted by atomic mass is 31.2. The van der Waals surface area contributed by atoms with Crippen molar-refractivity contribution in [2.75, 3.05) is 6.35 Å². The van der Waals surface area contributed by atoms with E-state index in [1.165, 1.54) is 13.1 Å². The molecule has 1 aliphatic rings. The Hall–Kier alpha value is -1.53. The second-order valence-corrected chi connectivity index (χ2v) is 6.40. The highest BCUT2D eigenvalue weighted by Crippen LogP contribution is 2.37. The summed E-state index contributed by atoms with van der Waals surface area (Å²) in [5.41, 5.74) is -0.869. The topological polar surface area (TPSA) is 140 Å². The lowest BCUT2D eigenvalue weighted by molar-refractivity contribution is -0.337. The quantitative estimate of drug-likeness (QED) is 0.463. The standard InChI is InChI=1S/C12H15N2O7P/c1-3-8-9(20-6-22(17,18)19)4-10(21-8)14-5-7(2)11(15)13-12(14)16/h1,5,8-10H,4,6H2,2H3,(H,13,15,16)(H2,17,18,19)/p-1/t8-,9+,10+/m0/s1.